The monoisotopic (exact) mass is 204 g/mol. The molecule has 12 heavy (non-hydrogen) atoms. The molecule has 0 fully saturated rings. The maximum atomic E-state index is 5.50. The molecule has 0 aromatic heterocycles. The fourth-order valence-electron chi connectivity index (χ4n) is 0.382. The number of amidine groups is 1. The summed E-state index contributed by atoms with van der Waals surface area (Å²) in [5.74, 6) is 6.37. The van der Waals surface area contributed by atoms with Gasteiger partial charge in [-0.1, -0.05) is 23.8 Å². The molecule has 2 nitrogen and oxygen atoms in total. The van der Waals surface area contributed by atoms with Gasteiger partial charge in [0.1, 0.15) is 0 Å². The second-order valence-electron chi connectivity index (χ2n) is 1.68. The zero-order valence-corrected chi connectivity index (χ0v) is 8.67. The average Bonchev–Trinajstić information content (AvgIpc) is 2.01. The van der Waals surface area contributed by atoms with E-state index >= 15 is 0 Å². The molecule has 0 bridgehead atoms. The first kappa shape index (κ1) is 14.0. The minimum Gasteiger partial charge on any atom is -0.379 e. The maximum absolute atomic E-state index is 5.50. The van der Waals surface area contributed by atoms with Gasteiger partial charge in [-0.3, -0.25) is 4.99 Å². The molecular weight excluding hydrogens is 192 g/mol. The van der Waals surface area contributed by atoms with Gasteiger partial charge in [0.2, 0.25) is 0 Å². The topological polar surface area (TPSA) is 38.4 Å². The zero-order valence-electron chi connectivity index (χ0n) is 7.04. The predicted molar refractivity (Wildman–Crippen MR) is 59.8 cm³/mol. The van der Waals surface area contributed by atoms with Gasteiger partial charge in [0.15, 0.2) is 5.17 Å². The minimum atomic E-state index is 0. The SMILES string of the molecule is C=CCN=C(N)SCC#CC.Cl. The van der Waals surface area contributed by atoms with Crippen molar-refractivity contribution in [1.29, 1.82) is 0 Å². The van der Waals surface area contributed by atoms with Crippen molar-refractivity contribution in [3.8, 4) is 11.8 Å². The average molecular weight is 205 g/mol. The van der Waals surface area contributed by atoms with E-state index in [2.05, 4.69) is 23.4 Å². The van der Waals surface area contributed by atoms with Gasteiger partial charge in [0.25, 0.3) is 0 Å². The van der Waals surface area contributed by atoms with Crippen LogP contribution < -0.4 is 5.73 Å². The van der Waals surface area contributed by atoms with Gasteiger partial charge < -0.3 is 5.73 Å². The van der Waals surface area contributed by atoms with Crippen LogP contribution in [0, 0.1) is 11.8 Å². The predicted octanol–water partition coefficient (Wildman–Crippen LogP) is 1.67. The molecule has 4 heteroatoms. The Kier molecular flexibility index (Phi) is 12.1. The van der Waals surface area contributed by atoms with Crippen LogP contribution in [-0.4, -0.2) is 17.5 Å². The van der Waals surface area contributed by atoms with Crippen LogP contribution in [0.3, 0.4) is 0 Å². The lowest BCUT2D eigenvalue weighted by atomic mass is 10.7. The van der Waals surface area contributed by atoms with E-state index in [9.17, 15) is 0 Å². The Labute approximate surface area is 84.1 Å². The number of nitrogens with two attached hydrogens (primary N) is 1. The quantitative estimate of drug-likeness (QED) is 0.329. The van der Waals surface area contributed by atoms with Gasteiger partial charge in [-0.25, -0.2) is 0 Å². The van der Waals surface area contributed by atoms with Gasteiger partial charge in [-0.15, -0.1) is 24.9 Å². The number of halogens is 1. The number of hydrogen-bond acceptors (Lipinski definition) is 2. The highest BCUT2D eigenvalue weighted by Crippen LogP contribution is 1.97. The Morgan fingerprint density at radius 1 is 1.75 bits per heavy atom. The third kappa shape index (κ3) is 9.41. The van der Waals surface area contributed by atoms with E-state index < -0.39 is 0 Å². The number of hydrogen-bond donors (Lipinski definition) is 1. The molecule has 0 heterocycles. The highest BCUT2D eigenvalue weighted by atomic mass is 35.5. The Hall–Kier alpha value is -0.590. The first-order valence-corrected chi connectivity index (χ1v) is 4.23. The highest BCUT2D eigenvalue weighted by Gasteiger charge is 1.87. The van der Waals surface area contributed by atoms with Crippen molar-refractivity contribution in [1.82, 2.24) is 0 Å². The van der Waals surface area contributed by atoms with Crippen LogP contribution in [0.25, 0.3) is 0 Å². The van der Waals surface area contributed by atoms with E-state index in [1.807, 2.05) is 0 Å². The second-order valence-corrected chi connectivity index (χ2v) is 2.68. The van der Waals surface area contributed by atoms with E-state index in [4.69, 9.17) is 5.73 Å². The summed E-state index contributed by atoms with van der Waals surface area (Å²) in [6.45, 7) is 5.91. The molecule has 0 aliphatic rings. The number of rotatable bonds is 3. The maximum Gasteiger partial charge on any atom is 0.155 e. The summed E-state index contributed by atoms with van der Waals surface area (Å²) in [6.07, 6.45) is 1.71. The number of nitrogens with zero attached hydrogens (tertiary/aromatic N) is 1. The Morgan fingerprint density at radius 3 is 2.92 bits per heavy atom. The zero-order chi connectivity index (χ0) is 8.53. The van der Waals surface area contributed by atoms with Crippen LogP contribution in [0.2, 0.25) is 0 Å². The molecule has 0 aromatic carbocycles. The van der Waals surface area contributed by atoms with Crippen molar-refractivity contribution in [3.05, 3.63) is 12.7 Å². The van der Waals surface area contributed by atoms with Crippen molar-refractivity contribution >= 4 is 29.3 Å². The van der Waals surface area contributed by atoms with E-state index in [0.717, 1.165) is 0 Å². The lowest BCUT2D eigenvalue weighted by Gasteiger charge is -1.93. The largest absolute Gasteiger partial charge is 0.379 e. The van der Waals surface area contributed by atoms with Crippen molar-refractivity contribution < 1.29 is 0 Å². The van der Waals surface area contributed by atoms with Crippen LogP contribution >= 0.6 is 24.2 Å². The second kappa shape index (κ2) is 10.4. The Balaban J connectivity index is 0. The standard InChI is InChI=1S/C8H12N2S.ClH/c1-3-5-7-11-8(9)10-6-4-2;/h4H,2,6-7H2,1H3,(H2,9,10);1H. The summed E-state index contributed by atoms with van der Waals surface area (Å²) in [4.78, 5) is 3.99. The van der Waals surface area contributed by atoms with E-state index in [1.54, 1.807) is 13.0 Å². The lowest BCUT2D eigenvalue weighted by Crippen LogP contribution is -2.07. The van der Waals surface area contributed by atoms with Crippen LogP contribution in [0.1, 0.15) is 6.92 Å². The normalized spacial score (nSPS) is 9.25. The summed E-state index contributed by atoms with van der Waals surface area (Å²) >= 11 is 1.45. The number of aliphatic imine (C=N–C) groups is 1. The third-order valence-corrected chi connectivity index (χ3v) is 1.56. The van der Waals surface area contributed by atoms with E-state index in [0.29, 0.717) is 17.5 Å². The molecule has 0 spiro atoms. The van der Waals surface area contributed by atoms with Gasteiger partial charge in [-0.05, 0) is 6.92 Å². The molecule has 0 unspecified atom stereocenters. The van der Waals surface area contributed by atoms with Crippen molar-refractivity contribution in [3.63, 3.8) is 0 Å². The molecule has 0 atom stereocenters. The smallest absolute Gasteiger partial charge is 0.155 e. The lowest BCUT2D eigenvalue weighted by molar-refractivity contribution is 1.25. The molecule has 0 aromatic rings. The Morgan fingerprint density at radius 2 is 2.42 bits per heavy atom. The molecular formula is C8H13ClN2S. The van der Waals surface area contributed by atoms with E-state index in [-0.39, 0.29) is 12.4 Å². The fourth-order valence-corrected chi connectivity index (χ4v) is 0.913. The van der Waals surface area contributed by atoms with Gasteiger partial charge in [0, 0.05) is 0 Å². The van der Waals surface area contributed by atoms with Gasteiger partial charge in [0.05, 0.1) is 12.3 Å². The minimum absolute atomic E-state index is 0. The molecule has 68 valence electrons. The van der Waals surface area contributed by atoms with Crippen LogP contribution in [-0.2, 0) is 0 Å². The van der Waals surface area contributed by atoms with Crippen molar-refractivity contribution in [2.24, 2.45) is 10.7 Å². The molecule has 0 saturated carbocycles. The molecule has 0 saturated heterocycles. The summed E-state index contributed by atoms with van der Waals surface area (Å²) in [5, 5.41) is 0.577. The highest BCUT2D eigenvalue weighted by molar-refractivity contribution is 8.13. The Bertz CT molecular complexity index is 203. The molecule has 2 N–H and O–H groups in total. The molecule has 0 rings (SSSR count). The first-order valence-electron chi connectivity index (χ1n) is 3.24. The van der Waals surface area contributed by atoms with Crippen LogP contribution in [0.4, 0.5) is 0 Å². The molecule has 0 aliphatic heterocycles. The van der Waals surface area contributed by atoms with E-state index in [1.165, 1.54) is 11.8 Å². The summed E-state index contributed by atoms with van der Waals surface area (Å²) in [6, 6.07) is 0. The first-order chi connectivity index (χ1) is 5.31. The molecule has 0 radical (unpaired) electrons. The molecule has 0 aliphatic carbocycles. The van der Waals surface area contributed by atoms with Gasteiger partial charge in [-0.2, -0.15) is 0 Å². The number of thioether (sulfide) groups is 1. The van der Waals surface area contributed by atoms with Crippen molar-refractivity contribution in [2.45, 2.75) is 6.92 Å². The summed E-state index contributed by atoms with van der Waals surface area (Å²) in [7, 11) is 0. The fraction of sp³-hybridized carbons (Fsp3) is 0.375. The van der Waals surface area contributed by atoms with Crippen LogP contribution in [0.5, 0.6) is 0 Å². The third-order valence-electron chi connectivity index (χ3n) is 0.845. The molecule has 0 amide bonds. The summed E-state index contributed by atoms with van der Waals surface area (Å²) < 4.78 is 0. The summed E-state index contributed by atoms with van der Waals surface area (Å²) in [5.41, 5.74) is 5.50. The van der Waals surface area contributed by atoms with Crippen molar-refractivity contribution in [2.75, 3.05) is 12.3 Å². The van der Waals surface area contributed by atoms with Crippen LogP contribution in [0.15, 0.2) is 17.6 Å². The van der Waals surface area contributed by atoms with Gasteiger partial charge >= 0.3 is 0 Å².